The Morgan fingerprint density at radius 2 is 2.18 bits per heavy atom. The maximum atomic E-state index is 12.2. The number of aromatic carboxylic acids is 1. The smallest absolute Gasteiger partial charge is 0.335 e. The zero-order valence-corrected chi connectivity index (χ0v) is 12.0. The molecular formula is C17H17NO4. The van der Waals surface area contributed by atoms with Gasteiger partial charge in [-0.1, -0.05) is 12.1 Å². The van der Waals surface area contributed by atoms with Crippen LogP contribution in [0.2, 0.25) is 0 Å². The van der Waals surface area contributed by atoms with Crippen LogP contribution in [0.5, 0.6) is 0 Å². The van der Waals surface area contributed by atoms with Gasteiger partial charge in [0.25, 0.3) is 0 Å². The van der Waals surface area contributed by atoms with Crippen LogP contribution in [0.25, 0.3) is 0 Å². The molecular weight excluding hydrogens is 282 g/mol. The summed E-state index contributed by atoms with van der Waals surface area (Å²) in [6, 6.07) is 8.36. The number of benzene rings is 1. The van der Waals surface area contributed by atoms with Gasteiger partial charge in [0.05, 0.1) is 24.3 Å². The number of carboxylic acids is 1. The van der Waals surface area contributed by atoms with Crippen LogP contribution in [0.4, 0.5) is 0 Å². The van der Waals surface area contributed by atoms with E-state index >= 15 is 0 Å². The fraction of sp³-hybridized carbons (Fsp3) is 0.294. The molecule has 0 saturated heterocycles. The highest BCUT2D eigenvalue weighted by Crippen LogP contribution is 2.30. The second-order valence-electron chi connectivity index (χ2n) is 5.49. The summed E-state index contributed by atoms with van der Waals surface area (Å²) in [6.07, 6.45) is 4.62. The first-order valence-electron chi connectivity index (χ1n) is 7.31. The van der Waals surface area contributed by atoms with Crippen LogP contribution >= 0.6 is 0 Å². The standard InChI is InChI=1S/C17H17NO4/c19-16(10-11-3-1-4-12(9-11)17(20)21)18-14-5-2-6-15-13(14)7-8-22-15/h1,3-4,7-9,14H,2,5-6,10H2,(H,18,19)(H,20,21)/t14-/m1/s1. The Morgan fingerprint density at radius 3 is 3.00 bits per heavy atom. The molecule has 1 aromatic heterocycles. The number of aryl methyl sites for hydroxylation is 1. The van der Waals surface area contributed by atoms with Crippen molar-refractivity contribution in [1.29, 1.82) is 0 Å². The molecule has 0 spiro atoms. The first-order chi connectivity index (χ1) is 10.6. The summed E-state index contributed by atoms with van der Waals surface area (Å²) in [6.45, 7) is 0. The van der Waals surface area contributed by atoms with E-state index in [1.807, 2.05) is 6.07 Å². The molecule has 114 valence electrons. The van der Waals surface area contributed by atoms with Gasteiger partial charge in [0.15, 0.2) is 0 Å². The zero-order chi connectivity index (χ0) is 15.5. The minimum atomic E-state index is -0.988. The predicted molar refractivity (Wildman–Crippen MR) is 79.6 cm³/mol. The molecule has 0 saturated carbocycles. The van der Waals surface area contributed by atoms with E-state index in [1.165, 1.54) is 12.1 Å². The van der Waals surface area contributed by atoms with Gasteiger partial charge in [-0.3, -0.25) is 4.79 Å². The number of nitrogens with one attached hydrogen (secondary N) is 1. The third-order valence-corrected chi connectivity index (χ3v) is 3.93. The molecule has 0 radical (unpaired) electrons. The molecule has 1 aliphatic carbocycles. The Balaban J connectivity index is 1.67. The van der Waals surface area contributed by atoms with Gasteiger partial charge < -0.3 is 14.8 Å². The summed E-state index contributed by atoms with van der Waals surface area (Å²) in [7, 11) is 0. The number of hydrogen-bond donors (Lipinski definition) is 2. The molecule has 0 aliphatic heterocycles. The number of carbonyl (C=O) groups excluding carboxylic acids is 1. The van der Waals surface area contributed by atoms with E-state index in [0.717, 1.165) is 30.6 Å². The zero-order valence-electron chi connectivity index (χ0n) is 12.0. The lowest BCUT2D eigenvalue weighted by molar-refractivity contribution is -0.121. The summed E-state index contributed by atoms with van der Waals surface area (Å²) in [4.78, 5) is 23.2. The number of rotatable bonds is 4. The topological polar surface area (TPSA) is 79.5 Å². The molecule has 22 heavy (non-hydrogen) atoms. The van der Waals surface area contributed by atoms with Crippen molar-refractivity contribution in [2.24, 2.45) is 0 Å². The number of amides is 1. The van der Waals surface area contributed by atoms with E-state index in [0.29, 0.717) is 5.56 Å². The highest BCUT2D eigenvalue weighted by Gasteiger charge is 2.23. The average molecular weight is 299 g/mol. The maximum absolute atomic E-state index is 12.2. The normalized spacial score (nSPS) is 16.8. The van der Waals surface area contributed by atoms with E-state index in [2.05, 4.69) is 5.32 Å². The number of carboxylic acid groups (broad SMARTS) is 1. The third-order valence-electron chi connectivity index (χ3n) is 3.93. The monoisotopic (exact) mass is 299 g/mol. The van der Waals surface area contributed by atoms with Gasteiger partial charge in [0.2, 0.25) is 5.91 Å². The van der Waals surface area contributed by atoms with Gasteiger partial charge in [-0.25, -0.2) is 4.79 Å². The predicted octanol–water partition coefficient (Wildman–Crippen LogP) is 2.71. The van der Waals surface area contributed by atoms with Crippen LogP contribution in [0.15, 0.2) is 41.0 Å². The molecule has 3 rings (SSSR count). The van der Waals surface area contributed by atoms with E-state index < -0.39 is 5.97 Å². The molecule has 2 N–H and O–H groups in total. The summed E-state index contributed by atoms with van der Waals surface area (Å²) in [5.74, 6) is -0.149. The second kappa shape index (κ2) is 6.05. The molecule has 0 fully saturated rings. The molecule has 0 bridgehead atoms. The molecule has 1 atom stereocenters. The highest BCUT2D eigenvalue weighted by atomic mass is 16.4. The Hall–Kier alpha value is -2.56. The molecule has 1 heterocycles. The number of fused-ring (bicyclic) bond motifs is 1. The largest absolute Gasteiger partial charge is 0.478 e. The van der Waals surface area contributed by atoms with E-state index in [-0.39, 0.29) is 23.9 Å². The van der Waals surface area contributed by atoms with Crippen molar-refractivity contribution in [1.82, 2.24) is 5.32 Å². The molecule has 0 unspecified atom stereocenters. The minimum Gasteiger partial charge on any atom is -0.478 e. The van der Waals surface area contributed by atoms with Gasteiger partial charge in [0, 0.05) is 12.0 Å². The maximum Gasteiger partial charge on any atom is 0.335 e. The highest BCUT2D eigenvalue weighted by molar-refractivity contribution is 5.88. The van der Waals surface area contributed by atoms with Crippen LogP contribution in [-0.4, -0.2) is 17.0 Å². The van der Waals surface area contributed by atoms with E-state index in [1.54, 1.807) is 18.4 Å². The van der Waals surface area contributed by atoms with Gasteiger partial charge in [-0.05, 0) is 36.6 Å². The molecule has 1 amide bonds. The molecule has 5 nitrogen and oxygen atoms in total. The molecule has 5 heteroatoms. The fourth-order valence-corrected chi connectivity index (χ4v) is 2.88. The van der Waals surface area contributed by atoms with E-state index in [9.17, 15) is 9.59 Å². The Kier molecular flexibility index (Phi) is 3.96. The molecule has 1 aliphatic rings. The van der Waals surface area contributed by atoms with Crippen molar-refractivity contribution in [2.45, 2.75) is 31.7 Å². The van der Waals surface area contributed by atoms with Crippen molar-refractivity contribution in [2.75, 3.05) is 0 Å². The minimum absolute atomic E-state index is 0.0161. The lowest BCUT2D eigenvalue weighted by atomic mass is 9.93. The summed E-state index contributed by atoms with van der Waals surface area (Å²) in [5, 5.41) is 12.0. The fourth-order valence-electron chi connectivity index (χ4n) is 2.88. The summed E-state index contributed by atoms with van der Waals surface area (Å²) >= 11 is 0. The van der Waals surface area contributed by atoms with E-state index in [4.69, 9.17) is 9.52 Å². The van der Waals surface area contributed by atoms with Crippen LogP contribution in [0.1, 0.15) is 46.1 Å². The number of furan rings is 1. The summed E-state index contributed by atoms with van der Waals surface area (Å²) in [5.41, 5.74) is 1.94. The van der Waals surface area contributed by atoms with Crippen LogP contribution in [0, 0.1) is 0 Å². The van der Waals surface area contributed by atoms with Gasteiger partial charge in [0.1, 0.15) is 5.76 Å². The van der Waals surface area contributed by atoms with Crippen LogP contribution in [0.3, 0.4) is 0 Å². The third kappa shape index (κ3) is 3.03. The lowest BCUT2D eigenvalue weighted by Crippen LogP contribution is -2.31. The number of carbonyl (C=O) groups is 2. The summed E-state index contributed by atoms with van der Waals surface area (Å²) < 4.78 is 5.41. The van der Waals surface area contributed by atoms with Gasteiger partial charge in [-0.15, -0.1) is 0 Å². The SMILES string of the molecule is O=C(Cc1cccc(C(=O)O)c1)N[C@@H]1CCCc2occc21. The van der Waals surface area contributed by atoms with Crippen molar-refractivity contribution < 1.29 is 19.1 Å². The first kappa shape index (κ1) is 14.4. The van der Waals surface area contributed by atoms with Crippen molar-refractivity contribution in [3.05, 3.63) is 59.0 Å². The van der Waals surface area contributed by atoms with Crippen molar-refractivity contribution in [3.63, 3.8) is 0 Å². The Morgan fingerprint density at radius 1 is 1.32 bits per heavy atom. The van der Waals surface area contributed by atoms with Crippen LogP contribution in [-0.2, 0) is 17.6 Å². The first-order valence-corrected chi connectivity index (χ1v) is 7.31. The van der Waals surface area contributed by atoms with Crippen molar-refractivity contribution >= 4 is 11.9 Å². The Labute approximate surface area is 127 Å². The number of hydrogen-bond acceptors (Lipinski definition) is 3. The average Bonchev–Trinajstić information content (AvgIpc) is 2.97. The Bertz CT molecular complexity index is 704. The molecule has 1 aromatic carbocycles. The van der Waals surface area contributed by atoms with Gasteiger partial charge in [-0.2, -0.15) is 0 Å². The quantitative estimate of drug-likeness (QED) is 0.909. The van der Waals surface area contributed by atoms with Crippen molar-refractivity contribution in [3.8, 4) is 0 Å². The lowest BCUT2D eigenvalue weighted by Gasteiger charge is -2.22. The van der Waals surface area contributed by atoms with Crippen LogP contribution < -0.4 is 5.32 Å². The second-order valence-corrected chi connectivity index (χ2v) is 5.49. The van der Waals surface area contributed by atoms with Gasteiger partial charge >= 0.3 is 5.97 Å². The molecule has 2 aromatic rings.